The highest BCUT2D eigenvalue weighted by atomic mass is 19.1. The molecule has 2 rings (SSSR count). The summed E-state index contributed by atoms with van der Waals surface area (Å²) < 4.78 is 24.9. The fourth-order valence-electron chi connectivity index (χ4n) is 2.30. The van der Waals surface area contributed by atoms with Crippen molar-refractivity contribution in [2.24, 2.45) is 0 Å². The van der Waals surface area contributed by atoms with Gasteiger partial charge in [0, 0.05) is 18.0 Å². The van der Waals surface area contributed by atoms with Gasteiger partial charge in [0.25, 0.3) is 0 Å². The Morgan fingerprint density at radius 2 is 2.11 bits per heavy atom. The molecule has 106 valence electrons. The number of ether oxygens (including phenoxy) is 2. The number of hydrogen-bond acceptors (Lipinski definition) is 3. The zero-order chi connectivity index (χ0) is 13.7. The molecule has 1 aromatic carbocycles. The second-order valence-electron chi connectivity index (χ2n) is 4.94. The molecule has 1 heterocycles. The van der Waals surface area contributed by atoms with Gasteiger partial charge in [-0.05, 0) is 26.0 Å². The van der Waals surface area contributed by atoms with Crippen LogP contribution < -0.4 is 5.32 Å². The lowest BCUT2D eigenvalue weighted by Crippen LogP contribution is -2.27. The molecule has 0 aromatic heterocycles. The van der Waals surface area contributed by atoms with E-state index in [1.807, 2.05) is 13.0 Å². The summed E-state index contributed by atoms with van der Waals surface area (Å²) in [5.41, 5.74) is 1.76. The lowest BCUT2D eigenvalue weighted by Gasteiger charge is -2.22. The number of halogens is 1. The molecule has 1 unspecified atom stereocenters. The SMILES string of the molecule is CCCNC(CC1OCCO1)c1cc(C)ccc1F. The first-order valence-electron chi connectivity index (χ1n) is 6.93. The summed E-state index contributed by atoms with van der Waals surface area (Å²) in [5, 5.41) is 3.38. The monoisotopic (exact) mass is 267 g/mol. The second-order valence-corrected chi connectivity index (χ2v) is 4.94. The highest BCUT2D eigenvalue weighted by Gasteiger charge is 2.24. The molecule has 0 spiro atoms. The van der Waals surface area contributed by atoms with Gasteiger partial charge in [-0.15, -0.1) is 0 Å². The standard InChI is InChI=1S/C15H22FNO2/c1-3-6-17-14(10-15-18-7-8-19-15)12-9-11(2)4-5-13(12)16/h4-5,9,14-15,17H,3,6-8,10H2,1-2H3. The predicted molar refractivity (Wildman–Crippen MR) is 72.5 cm³/mol. The highest BCUT2D eigenvalue weighted by molar-refractivity contribution is 5.27. The molecular formula is C15H22FNO2. The Bertz CT molecular complexity index is 405. The Kier molecular flexibility index (Phi) is 5.31. The van der Waals surface area contributed by atoms with Crippen LogP contribution in [-0.4, -0.2) is 26.0 Å². The number of benzene rings is 1. The van der Waals surface area contributed by atoms with E-state index >= 15 is 0 Å². The predicted octanol–water partition coefficient (Wildman–Crippen LogP) is 2.94. The van der Waals surface area contributed by atoms with Crippen LogP contribution in [0.1, 0.15) is 36.9 Å². The molecule has 1 N–H and O–H groups in total. The minimum Gasteiger partial charge on any atom is -0.350 e. The molecular weight excluding hydrogens is 245 g/mol. The molecule has 1 aliphatic rings. The Morgan fingerprint density at radius 1 is 1.37 bits per heavy atom. The minimum absolute atomic E-state index is 0.0667. The third-order valence-electron chi connectivity index (χ3n) is 3.29. The molecule has 19 heavy (non-hydrogen) atoms. The molecule has 1 fully saturated rings. The van der Waals surface area contributed by atoms with Crippen molar-refractivity contribution in [3.05, 3.63) is 35.1 Å². The van der Waals surface area contributed by atoms with Gasteiger partial charge in [0.2, 0.25) is 0 Å². The molecule has 4 heteroatoms. The Labute approximate surface area is 114 Å². The Morgan fingerprint density at radius 3 is 2.79 bits per heavy atom. The molecule has 0 radical (unpaired) electrons. The normalized spacial score (nSPS) is 17.8. The third kappa shape index (κ3) is 4.00. The number of hydrogen-bond donors (Lipinski definition) is 1. The van der Waals surface area contributed by atoms with Crippen molar-refractivity contribution in [2.75, 3.05) is 19.8 Å². The third-order valence-corrected chi connectivity index (χ3v) is 3.29. The first-order valence-corrected chi connectivity index (χ1v) is 6.93. The smallest absolute Gasteiger partial charge is 0.159 e. The molecule has 0 amide bonds. The summed E-state index contributed by atoms with van der Waals surface area (Å²) in [6.45, 7) is 6.18. The van der Waals surface area contributed by atoms with E-state index < -0.39 is 0 Å². The van der Waals surface area contributed by atoms with E-state index in [4.69, 9.17) is 9.47 Å². The van der Waals surface area contributed by atoms with Gasteiger partial charge in [0.05, 0.1) is 13.2 Å². The minimum atomic E-state index is -0.228. The molecule has 1 aromatic rings. The van der Waals surface area contributed by atoms with Gasteiger partial charge in [-0.3, -0.25) is 0 Å². The molecule has 0 saturated carbocycles. The maximum Gasteiger partial charge on any atom is 0.159 e. The van der Waals surface area contributed by atoms with Crippen LogP contribution in [0.5, 0.6) is 0 Å². The van der Waals surface area contributed by atoms with Gasteiger partial charge in [-0.1, -0.05) is 24.6 Å². The van der Waals surface area contributed by atoms with Crippen molar-refractivity contribution in [3.8, 4) is 0 Å². The van der Waals surface area contributed by atoms with E-state index in [9.17, 15) is 4.39 Å². The van der Waals surface area contributed by atoms with Gasteiger partial charge in [-0.2, -0.15) is 0 Å². The van der Waals surface area contributed by atoms with E-state index in [0.29, 0.717) is 25.2 Å². The van der Waals surface area contributed by atoms with Gasteiger partial charge in [0.15, 0.2) is 6.29 Å². The van der Waals surface area contributed by atoms with Crippen LogP contribution >= 0.6 is 0 Å². The molecule has 1 saturated heterocycles. The van der Waals surface area contributed by atoms with Crippen LogP contribution in [0.3, 0.4) is 0 Å². The number of aryl methyl sites for hydroxylation is 1. The fraction of sp³-hybridized carbons (Fsp3) is 0.600. The highest BCUT2D eigenvalue weighted by Crippen LogP contribution is 2.25. The maximum absolute atomic E-state index is 14.0. The van der Waals surface area contributed by atoms with Gasteiger partial charge >= 0.3 is 0 Å². The molecule has 3 nitrogen and oxygen atoms in total. The lowest BCUT2D eigenvalue weighted by atomic mass is 10.0. The number of rotatable bonds is 6. The van der Waals surface area contributed by atoms with Crippen LogP contribution in [0.2, 0.25) is 0 Å². The van der Waals surface area contributed by atoms with Crippen molar-refractivity contribution in [2.45, 2.75) is 39.0 Å². The molecule has 1 aliphatic heterocycles. The molecule has 0 aliphatic carbocycles. The van der Waals surface area contributed by atoms with E-state index in [1.54, 1.807) is 6.07 Å². The Hall–Kier alpha value is -0.970. The van der Waals surface area contributed by atoms with Crippen LogP contribution in [0, 0.1) is 12.7 Å². The fourth-order valence-corrected chi connectivity index (χ4v) is 2.30. The lowest BCUT2D eigenvalue weighted by molar-refractivity contribution is -0.0531. The zero-order valence-electron chi connectivity index (χ0n) is 11.6. The van der Waals surface area contributed by atoms with E-state index in [0.717, 1.165) is 18.5 Å². The zero-order valence-corrected chi connectivity index (χ0v) is 11.6. The van der Waals surface area contributed by atoms with Crippen LogP contribution in [0.15, 0.2) is 18.2 Å². The summed E-state index contributed by atoms with van der Waals surface area (Å²) in [7, 11) is 0. The topological polar surface area (TPSA) is 30.5 Å². The van der Waals surface area contributed by atoms with Crippen molar-refractivity contribution >= 4 is 0 Å². The number of nitrogens with one attached hydrogen (secondary N) is 1. The summed E-state index contributed by atoms with van der Waals surface area (Å²) >= 11 is 0. The second kappa shape index (κ2) is 6.98. The van der Waals surface area contributed by atoms with E-state index in [1.165, 1.54) is 6.07 Å². The summed E-state index contributed by atoms with van der Waals surface area (Å²) in [5.74, 6) is -0.169. The van der Waals surface area contributed by atoms with Crippen molar-refractivity contribution in [1.82, 2.24) is 5.32 Å². The summed E-state index contributed by atoms with van der Waals surface area (Å²) in [6, 6.07) is 5.15. The maximum atomic E-state index is 14.0. The van der Waals surface area contributed by atoms with Crippen LogP contribution in [-0.2, 0) is 9.47 Å². The largest absolute Gasteiger partial charge is 0.350 e. The van der Waals surface area contributed by atoms with Gasteiger partial charge in [-0.25, -0.2) is 4.39 Å². The van der Waals surface area contributed by atoms with Crippen molar-refractivity contribution in [3.63, 3.8) is 0 Å². The first-order chi connectivity index (χ1) is 9.20. The summed E-state index contributed by atoms with van der Waals surface area (Å²) in [4.78, 5) is 0. The molecule has 1 atom stereocenters. The van der Waals surface area contributed by atoms with Gasteiger partial charge < -0.3 is 14.8 Å². The average Bonchev–Trinajstić information content (AvgIpc) is 2.90. The van der Waals surface area contributed by atoms with E-state index in [2.05, 4.69) is 12.2 Å². The molecule has 0 bridgehead atoms. The van der Waals surface area contributed by atoms with E-state index in [-0.39, 0.29) is 18.1 Å². The summed E-state index contributed by atoms with van der Waals surface area (Å²) in [6.07, 6.45) is 1.42. The quantitative estimate of drug-likeness (QED) is 0.859. The van der Waals surface area contributed by atoms with Crippen molar-refractivity contribution < 1.29 is 13.9 Å². The van der Waals surface area contributed by atoms with Crippen LogP contribution in [0.4, 0.5) is 4.39 Å². The van der Waals surface area contributed by atoms with Crippen molar-refractivity contribution in [1.29, 1.82) is 0 Å². The average molecular weight is 267 g/mol. The van der Waals surface area contributed by atoms with Gasteiger partial charge in [0.1, 0.15) is 5.82 Å². The Balaban J connectivity index is 2.12. The van der Waals surface area contributed by atoms with Crippen LogP contribution in [0.25, 0.3) is 0 Å². The first kappa shape index (κ1) is 14.4.